The zero-order valence-corrected chi connectivity index (χ0v) is 18.1. The summed E-state index contributed by atoms with van der Waals surface area (Å²) >= 11 is 0. The Kier molecular flexibility index (Phi) is 4.88. The molecule has 6 heteroatoms. The van der Waals surface area contributed by atoms with Crippen molar-refractivity contribution in [3.63, 3.8) is 0 Å². The van der Waals surface area contributed by atoms with Crippen molar-refractivity contribution in [1.29, 1.82) is 0 Å². The Hall–Kier alpha value is -2.63. The van der Waals surface area contributed by atoms with Gasteiger partial charge in [-0.3, -0.25) is 4.79 Å². The van der Waals surface area contributed by atoms with Gasteiger partial charge in [0.15, 0.2) is 0 Å². The topological polar surface area (TPSA) is 72.9 Å². The highest BCUT2D eigenvalue weighted by atomic mass is 16.5. The van der Waals surface area contributed by atoms with Crippen LogP contribution in [0.4, 0.5) is 0 Å². The highest BCUT2D eigenvalue weighted by Gasteiger charge is 2.30. The molecule has 158 valence electrons. The van der Waals surface area contributed by atoms with E-state index in [0.29, 0.717) is 12.5 Å². The highest BCUT2D eigenvalue weighted by molar-refractivity contribution is 5.84. The molecule has 1 atom stereocenters. The molecular formula is C24H30N4O2. The third kappa shape index (κ3) is 3.32. The molecule has 1 saturated carbocycles. The van der Waals surface area contributed by atoms with Gasteiger partial charge >= 0.3 is 0 Å². The van der Waals surface area contributed by atoms with Crippen molar-refractivity contribution in [3.8, 4) is 11.1 Å². The zero-order valence-electron chi connectivity index (χ0n) is 18.1. The van der Waals surface area contributed by atoms with Gasteiger partial charge in [-0.1, -0.05) is 18.1 Å². The summed E-state index contributed by atoms with van der Waals surface area (Å²) in [6.07, 6.45) is 7.34. The minimum atomic E-state index is 0.000476. The summed E-state index contributed by atoms with van der Waals surface area (Å²) in [6.45, 7) is 6.27. The quantitative estimate of drug-likeness (QED) is 0.632. The molecule has 0 spiro atoms. The maximum atomic E-state index is 12.1. The number of nitrogens with zero attached hydrogens (tertiary/aromatic N) is 3. The molecular weight excluding hydrogens is 376 g/mol. The van der Waals surface area contributed by atoms with E-state index in [1.165, 1.54) is 31.2 Å². The predicted octanol–water partition coefficient (Wildman–Crippen LogP) is 5.40. The summed E-state index contributed by atoms with van der Waals surface area (Å²) in [5, 5.41) is 7.30. The number of piperidine rings is 1. The first-order chi connectivity index (χ1) is 14.5. The Bertz CT molecular complexity index is 1070. The SMILES string of the molecule is Cc1noc(C)c1-c1ccc2c(c1)nc([C@@H]1CCCC(=O)N1)n2C1CCC(C)CC1. The normalized spacial score (nSPS) is 24.9. The predicted molar refractivity (Wildman–Crippen MR) is 116 cm³/mol. The molecule has 1 aromatic carbocycles. The first kappa shape index (κ1) is 19.3. The van der Waals surface area contributed by atoms with E-state index >= 15 is 0 Å². The van der Waals surface area contributed by atoms with Crippen molar-refractivity contribution in [2.24, 2.45) is 5.92 Å². The van der Waals surface area contributed by atoms with Crippen molar-refractivity contribution >= 4 is 16.9 Å². The summed E-state index contributed by atoms with van der Waals surface area (Å²) in [5.74, 6) is 2.78. The number of fused-ring (bicyclic) bond motifs is 1. The zero-order chi connectivity index (χ0) is 20.8. The van der Waals surface area contributed by atoms with E-state index in [1.807, 2.05) is 13.8 Å². The third-order valence-corrected chi connectivity index (χ3v) is 6.93. The number of amides is 1. The number of nitrogens with one attached hydrogen (secondary N) is 1. The van der Waals surface area contributed by atoms with Crippen LogP contribution < -0.4 is 5.32 Å². The van der Waals surface area contributed by atoms with Crippen LogP contribution in [0.3, 0.4) is 0 Å². The van der Waals surface area contributed by atoms with Crippen LogP contribution in [0, 0.1) is 19.8 Å². The molecule has 1 amide bonds. The van der Waals surface area contributed by atoms with E-state index in [9.17, 15) is 4.79 Å². The van der Waals surface area contributed by atoms with Gasteiger partial charge in [-0.2, -0.15) is 0 Å². The molecule has 5 rings (SSSR count). The van der Waals surface area contributed by atoms with Crippen LogP contribution in [0.1, 0.15) is 81.2 Å². The van der Waals surface area contributed by atoms with E-state index in [-0.39, 0.29) is 11.9 Å². The van der Waals surface area contributed by atoms with Gasteiger partial charge in [0.2, 0.25) is 5.91 Å². The number of benzene rings is 1. The van der Waals surface area contributed by atoms with Gasteiger partial charge in [-0.25, -0.2) is 4.98 Å². The smallest absolute Gasteiger partial charge is 0.220 e. The number of aromatic nitrogens is 3. The Morgan fingerprint density at radius 1 is 1.13 bits per heavy atom. The summed E-state index contributed by atoms with van der Waals surface area (Å²) in [7, 11) is 0. The molecule has 2 fully saturated rings. The maximum Gasteiger partial charge on any atom is 0.220 e. The van der Waals surface area contributed by atoms with Crippen LogP contribution in [0.2, 0.25) is 0 Å². The lowest BCUT2D eigenvalue weighted by Crippen LogP contribution is -2.34. The largest absolute Gasteiger partial charge is 0.361 e. The van der Waals surface area contributed by atoms with E-state index in [0.717, 1.165) is 52.7 Å². The van der Waals surface area contributed by atoms with Crippen LogP contribution in [0.15, 0.2) is 22.7 Å². The number of imidazole rings is 1. The third-order valence-electron chi connectivity index (χ3n) is 6.93. The maximum absolute atomic E-state index is 12.1. The number of rotatable bonds is 3. The number of carbonyl (C=O) groups is 1. The molecule has 3 aromatic rings. The number of hydrogen-bond donors (Lipinski definition) is 1. The average Bonchev–Trinajstić information content (AvgIpc) is 3.28. The molecule has 1 saturated heterocycles. The van der Waals surface area contributed by atoms with E-state index in [4.69, 9.17) is 9.51 Å². The Balaban J connectivity index is 1.62. The standard InChI is InChI=1S/C24H30N4O2/c1-14-7-10-18(11-8-14)28-21-12-9-17(23-15(2)27-30-16(23)3)13-20(21)26-24(28)19-5-4-6-22(29)25-19/h9,12-14,18-19H,4-8,10-11H2,1-3H3,(H,25,29)/t14?,18?,19-/m0/s1. The molecule has 1 aliphatic carbocycles. The Morgan fingerprint density at radius 3 is 2.63 bits per heavy atom. The average molecular weight is 407 g/mol. The molecule has 1 aliphatic heterocycles. The summed E-state index contributed by atoms with van der Waals surface area (Å²) < 4.78 is 7.82. The van der Waals surface area contributed by atoms with Crippen molar-refractivity contribution in [1.82, 2.24) is 20.0 Å². The monoisotopic (exact) mass is 406 g/mol. The number of hydrogen-bond acceptors (Lipinski definition) is 4. The van der Waals surface area contributed by atoms with E-state index in [2.05, 4.69) is 40.2 Å². The van der Waals surface area contributed by atoms with Crippen LogP contribution >= 0.6 is 0 Å². The second-order valence-corrected chi connectivity index (χ2v) is 9.17. The van der Waals surface area contributed by atoms with E-state index < -0.39 is 0 Å². The van der Waals surface area contributed by atoms with Crippen molar-refractivity contribution in [2.75, 3.05) is 0 Å². The fraction of sp³-hybridized carbons (Fsp3) is 0.542. The first-order valence-electron chi connectivity index (χ1n) is 11.3. The molecule has 30 heavy (non-hydrogen) atoms. The van der Waals surface area contributed by atoms with Gasteiger partial charge in [0.25, 0.3) is 0 Å². The van der Waals surface area contributed by atoms with Crippen molar-refractivity contribution < 1.29 is 9.32 Å². The lowest BCUT2D eigenvalue weighted by Gasteiger charge is -2.31. The number of aryl methyl sites for hydroxylation is 2. The lowest BCUT2D eigenvalue weighted by molar-refractivity contribution is -0.123. The van der Waals surface area contributed by atoms with Crippen LogP contribution in [0.5, 0.6) is 0 Å². The van der Waals surface area contributed by atoms with Gasteiger partial charge in [0.1, 0.15) is 11.6 Å². The van der Waals surface area contributed by atoms with Gasteiger partial charge in [-0.15, -0.1) is 0 Å². The highest BCUT2D eigenvalue weighted by Crippen LogP contribution is 2.39. The summed E-state index contributed by atoms with van der Waals surface area (Å²) in [4.78, 5) is 17.2. The van der Waals surface area contributed by atoms with Crippen LogP contribution in [-0.4, -0.2) is 20.6 Å². The van der Waals surface area contributed by atoms with E-state index in [1.54, 1.807) is 0 Å². The van der Waals surface area contributed by atoms with Gasteiger partial charge in [0.05, 0.1) is 22.8 Å². The minimum absolute atomic E-state index is 0.000476. The minimum Gasteiger partial charge on any atom is -0.361 e. The molecule has 2 aromatic heterocycles. The Labute approximate surface area is 177 Å². The molecule has 2 aliphatic rings. The summed E-state index contributed by atoms with van der Waals surface area (Å²) in [6, 6.07) is 6.94. The molecule has 1 N–H and O–H groups in total. The summed E-state index contributed by atoms with van der Waals surface area (Å²) in [5.41, 5.74) is 5.18. The van der Waals surface area contributed by atoms with Crippen LogP contribution in [0.25, 0.3) is 22.2 Å². The van der Waals surface area contributed by atoms with Gasteiger partial charge < -0.3 is 14.4 Å². The fourth-order valence-corrected chi connectivity index (χ4v) is 5.30. The first-order valence-corrected chi connectivity index (χ1v) is 11.3. The number of carbonyl (C=O) groups excluding carboxylic acids is 1. The lowest BCUT2D eigenvalue weighted by atomic mass is 9.87. The van der Waals surface area contributed by atoms with Gasteiger partial charge in [-0.05, 0) is 76.0 Å². The molecule has 0 unspecified atom stereocenters. The molecule has 6 nitrogen and oxygen atoms in total. The second kappa shape index (κ2) is 7.56. The molecule has 0 bridgehead atoms. The Morgan fingerprint density at radius 2 is 1.93 bits per heavy atom. The van der Waals surface area contributed by atoms with Crippen LogP contribution in [-0.2, 0) is 4.79 Å². The molecule has 3 heterocycles. The van der Waals surface area contributed by atoms with Crippen molar-refractivity contribution in [2.45, 2.75) is 77.8 Å². The molecule has 0 radical (unpaired) electrons. The second-order valence-electron chi connectivity index (χ2n) is 9.17. The fourth-order valence-electron chi connectivity index (χ4n) is 5.30. The van der Waals surface area contributed by atoms with Gasteiger partial charge in [0, 0.05) is 18.0 Å². The van der Waals surface area contributed by atoms with Crippen molar-refractivity contribution in [3.05, 3.63) is 35.5 Å².